The van der Waals surface area contributed by atoms with E-state index in [1.54, 1.807) is 14.2 Å². The molecule has 1 N–H and O–H groups in total. The lowest BCUT2D eigenvalue weighted by molar-refractivity contribution is 0.191. The van der Waals surface area contributed by atoms with Crippen molar-refractivity contribution in [1.29, 1.82) is 0 Å². The molecule has 19 heavy (non-hydrogen) atoms. The zero-order chi connectivity index (χ0) is 14.1. The minimum absolute atomic E-state index is 0.238. The van der Waals surface area contributed by atoms with Gasteiger partial charge in [0, 0.05) is 20.2 Å². The summed E-state index contributed by atoms with van der Waals surface area (Å²) in [6.07, 6.45) is 2.15. The summed E-state index contributed by atoms with van der Waals surface area (Å²) in [7, 11) is 3.47. The van der Waals surface area contributed by atoms with Gasteiger partial charge in [0.2, 0.25) is 0 Å². The highest BCUT2D eigenvalue weighted by molar-refractivity contribution is 5.34. The van der Waals surface area contributed by atoms with E-state index in [4.69, 9.17) is 9.47 Å². The Morgan fingerprint density at radius 3 is 2.58 bits per heavy atom. The molecule has 3 heteroatoms. The summed E-state index contributed by atoms with van der Waals surface area (Å²) in [4.78, 5) is 0. The number of hydrogen-bond donors (Lipinski definition) is 1. The first-order valence-corrected chi connectivity index (χ1v) is 6.97. The summed E-state index contributed by atoms with van der Waals surface area (Å²) in [6, 6.07) is 8.28. The van der Waals surface area contributed by atoms with Gasteiger partial charge in [-0.3, -0.25) is 0 Å². The minimum atomic E-state index is 0.238. The molecule has 0 heterocycles. The lowest BCUT2D eigenvalue weighted by Gasteiger charge is -2.29. The normalized spacial score (nSPS) is 14.1. The van der Waals surface area contributed by atoms with Gasteiger partial charge in [0.05, 0.1) is 13.7 Å². The van der Waals surface area contributed by atoms with Gasteiger partial charge in [0.25, 0.3) is 0 Å². The van der Waals surface area contributed by atoms with Crippen molar-refractivity contribution in [3.8, 4) is 5.75 Å². The fourth-order valence-electron chi connectivity index (χ4n) is 2.19. The molecular formula is C16H27NO2. The molecule has 1 rings (SSSR count). The number of ether oxygens (including phenoxy) is 2. The van der Waals surface area contributed by atoms with Crippen molar-refractivity contribution < 1.29 is 9.47 Å². The van der Waals surface area contributed by atoms with Crippen LogP contribution in [0.3, 0.4) is 0 Å². The molecule has 1 unspecified atom stereocenters. The lowest BCUT2D eigenvalue weighted by Crippen LogP contribution is -2.35. The molecule has 0 bridgehead atoms. The quantitative estimate of drug-likeness (QED) is 0.696. The predicted molar refractivity (Wildman–Crippen MR) is 79.8 cm³/mol. The predicted octanol–water partition coefficient (Wildman–Crippen LogP) is 2.89. The number of para-hydroxylation sites is 1. The summed E-state index contributed by atoms with van der Waals surface area (Å²) in [5, 5.41) is 3.47. The standard InChI is InChI=1S/C16H27NO2/c1-5-16(2,13-17-10-11-18-3)12-14-8-6-7-9-15(14)19-4/h6-9,17H,5,10-13H2,1-4H3. The van der Waals surface area contributed by atoms with Crippen LogP contribution >= 0.6 is 0 Å². The van der Waals surface area contributed by atoms with E-state index in [0.717, 1.165) is 38.3 Å². The summed E-state index contributed by atoms with van der Waals surface area (Å²) < 4.78 is 10.5. The number of methoxy groups -OCH3 is 2. The maximum atomic E-state index is 5.44. The van der Waals surface area contributed by atoms with Crippen LogP contribution in [-0.2, 0) is 11.2 Å². The van der Waals surface area contributed by atoms with Crippen LogP contribution in [0.5, 0.6) is 5.75 Å². The van der Waals surface area contributed by atoms with E-state index in [1.165, 1.54) is 5.56 Å². The Kier molecular flexibility index (Phi) is 6.89. The third-order valence-corrected chi connectivity index (χ3v) is 3.70. The van der Waals surface area contributed by atoms with Gasteiger partial charge in [-0.25, -0.2) is 0 Å². The zero-order valence-corrected chi connectivity index (χ0v) is 12.7. The van der Waals surface area contributed by atoms with E-state index in [2.05, 4.69) is 31.3 Å². The second kappa shape index (κ2) is 8.18. The number of benzene rings is 1. The molecular weight excluding hydrogens is 238 g/mol. The molecule has 0 saturated carbocycles. The van der Waals surface area contributed by atoms with Gasteiger partial charge in [0.1, 0.15) is 5.75 Å². The summed E-state index contributed by atoms with van der Waals surface area (Å²) in [5.41, 5.74) is 1.52. The highest BCUT2D eigenvalue weighted by Crippen LogP contribution is 2.30. The third-order valence-electron chi connectivity index (χ3n) is 3.70. The minimum Gasteiger partial charge on any atom is -0.496 e. The van der Waals surface area contributed by atoms with E-state index in [-0.39, 0.29) is 5.41 Å². The van der Waals surface area contributed by atoms with Crippen molar-refractivity contribution in [3.63, 3.8) is 0 Å². The highest BCUT2D eigenvalue weighted by Gasteiger charge is 2.23. The molecule has 0 saturated heterocycles. The van der Waals surface area contributed by atoms with Crippen molar-refractivity contribution in [3.05, 3.63) is 29.8 Å². The first kappa shape index (κ1) is 16.0. The van der Waals surface area contributed by atoms with Gasteiger partial charge in [-0.2, -0.15) is 0 Å². The van der Waals surface area contributed by atoms with Crippen LogP contribution in [0.2, 0.25) is 0 Å². The summed E-state index contributed by atoms with van der Waals surface area (Å²) in [6.45, 7) is 7.21. The number of hydrogen-bond acceptors (Lipinski definition) is 3. The fraction of sp³-hybridized carbons (Fsp3) is 0.625. The third kappa shape index (κ3) is 5.21. The van der Waals surface area contributed by atoms with E-state index in [0.29, 0.717) is 0 Å². The largest absolute Gasteiger partial charge is 0.496 e. The smallest absolute Gasteiger partial charge is 0.122 e. The molecule has 0 radical (unpaired) electrons. The molecule has 0 fully saturated rings. The molecule has 0 amide bonds. The average molecular weight is 265 g/mol. The van der Waals surface area contributed by atoms with Crippen LogP contribution in [-0.4, -0.2) is 33.9 Å². The Labute approximate surface area is 117 Å². The second-order valence-corrected chi connectivity index (χ2v) is 5.32. The molecule has 0 aliphatic carbocycles. The van der Waals surface area contributed by atoms with E-state index in [9.17, 15) is 0 Å². The zero-order valence-electron chi connectivity index (χ0n) is 12.7. The van der Waals surface area contributed by atoms with Gasteiger partial charge in [-0.1, -0.05) is 32.0 Å². The van der Waals surface area contributed by atoms with Crippen LogP contribution in [0.25, 0.3) is 0 Å². The first-order chi connectivity index (χ1) is 9.15. The molecule has 1 aromatic rings. The SMILES string of the molecule is CCC(C)(CNCCOC)Cc1ccccc1OC. The first-order valence-electron chi connectivity index (χ1n) is 6.97. The fourth-order valence-corrected chi connectivity index (χ4v) is 2.19. The van der Waals surface area contributed by atoms with Crippen LogP contribution in [0, 0.1) is 5.41 Å². The molecule has 1 aromatic carbocycles. The average Bonchev–Trinajstić information content (AvgIpc) is 2.44. The summed E-state index contributed by atoms with van der Waals surface area (Å²) >= 11 is 0. The Balaban J connectivity index is 2.63. The maximum absolute atomic E-state index is 5.44. The van der Waals surface area contributed by atoms with E-state index in [1.807, 2.05) is 12.1 Å². The second-order valence-electron chi connectivity index (χ2n) is 5.32. The van der Waals surface area contributed by atoms with Gasteiger partial charge in [-0.15, -0.1) is 0 Å². The number of nitrogens with one attached hydrogen (secondary N) is 1. The van der Waals surface area contributed by atoms with E-state index < -0.39 is 0 Å². The topological polar surface area (TPSA) is 30.5 Å². The van der Waals surface area contributed by atoms with Crippen molar-refractivity contribution in [2.75, 3.05) is 33.9 Å². The molecule has 0 aliphatic heterocycles. The monoisotopic (exact) mass is 265 g/mol. The van der Waals surface area contributed by atoms with Crippen molar-refractivity contribution >= 4 is 0 Å². The van der Waals surface area contributed by atoms with Crippen LogP contribution in [0.15, 0.2) is 24.3 Å². The Bertz CT molecular complexity index is 368. The Morgan fingerprint density at radius 2 is 1.95 bits per heavy atom. The molecule has 0 aliphatic rings. The summed E-state index contributed by atoms with van der Waals surface area (Å²) in [5.74, 6) is 0.985. The van der Waals surface area contributed by atoms with Crippen molar-refractivity contribution in [2.24, 2.45) is 5.41 Å². The van der Waals surface area contributed by atoms with E-state index >= 15 is 0 Å². The van der Waals surface area contributed by atoms with Gasteiger partial charge < -0.3 is 14.8 Å². The molecule has 0 aromatic heterocycles. The van der Waals surface area contributed by atoms with Crippen LogP contribution in [0.1, 0.15) is 25.8 Å². The van der Waals surface area contributed by atoms with Crippen molar-refractivity contribution in [1.82, 2.24) is 5.32 Å². The van der Waals surface area contributed by atoms with Gasteiger partial charge in [-0.05, 0) is 29.9 Å². The molecule has 0 spiro atoms. The molecule has 108 valence electrons. The maximum Gasteiger partial charge on any atom is 0.122 e. The molecule has 1 atom stereocenters. The Hall–Kier alpha value is -1.06. The van der Waals surface area contributed by atoms with Gasteiger partial charge >= 0.3 is 0 Å². The lowest BCUT2D eigenvalue weighted by atomic mass is 9.81. The van der Waals surface area contributed by atoms with Crippen molar-refractivity contribution in [2.45, 2.75) is 26.7 Å². The Morgan fingerprint density at radius 1 is 1.21 bits per heavy atom. The van der Waals surface area contributed by atoms with Crippen LogP contribution in [0.4, 0.5) is 0 Å². The van der Waals surface area contributed by atoms with Crippen LogP contribution < -0.4 is 10.1 Å². The highest BCUT2D eigenvalue weighted by atomic mass is 16.5. The number of rotatable bonds is 9. The molecule has 3 nitrogen and oxygen atoms in total. The van der Waals surface area contributed by atoms with Gasteiger partial charge in [0.15, 0.2) is 0 Å².